The number of hydroxylamine groups is 2. The molecule has 0 radical (unpaired) electrons. The van der Waals surface area contributed by atoms with E-state index in [1.54, 1.807) is 24.3 Å². The van der Waals surface area contributed by atoms with Gasteiger partial charge in [0.25, 0.3) is 5.91 Å². The molecule has 1 atom stereocenters. The largest absolute Gasteiger partial charge is 0.480 e. The van der Waals surface area contributed by atoms with Gasteiger partial charge in [-0.25, -0.2) is 9.79 Å². The van der Waals surface area contributed by atoms with Crippen LogP contribution >= 0.6 is 12.6 Å². The number of allylic oxidation sites excluding steroid dienone is 1. The predicted octanol–water partition coefficient (Wildman–Crippen LogP) is 0.544. The van der Waals surface area contributed by atoms with Crippen molar-refractivity contribution in [2.24, 2.45) is 4.99 Å². The summed E-state index contributed by atoms with van der Waals surface area (Å²) in [6, 6.07) is 3.83. The van der Waals surface area contributed by atoms with E-state index in [-0.39, 0.29) is 5.75 Å². The summed E-state index contributed by atoms with van der Waals surface area (Å²) in [6.07, 6.45) is 3.26. The van der Waals surface area contributed by atoms with E-state index in [2.05, 4.69) is 22.9 Å². The molecule has 134 valence electrons. The van der Waals surface area contributed by atoms with Gasteiger partial charge < -0.3 is 10.4 Å². The van der Waals surface area contributed by atoms with Gasteiger partial charge in [0.15, 0.2) is 0 Å². The van der Waals surface area contributed by atoms with Crippen molar-refractivity contribution in [3.05, 3.63) is 46.2 Å². The van der Waals surface area contributed by atoms with Crippen LogP contribution in [0.25, 0.3) is 6.08 Å². The van der Waals surface area contributed by atoms with Gasteiger partial charge in [0, 0.05) is 16.5 Å². The first kappa shape index (κ1) is 19.0. The molecule has 8 heteroatoms. The van der Waals surface area contributed by atoms with Gasteiger partial charge in [0.2, 0.25) is 0 Å². The van der Waals surface area contributed by atoms with Crippen LogP contribution in [0, 0.1) is 0 Å². The van der Waals surface area contributed by atoms with E-state index in [4.69, 9.17) is 5.11 Å². The highest BCUT2D eigenvalue weighted by molar-refractivity contribution is 7.80. The fourth-order valence-electron chi connectivity index (χ4n) is 2.06. The van der Waals surface area contributed by atoms with Crippen LogP contribution in [0.1, 0.15) is 31.1 Å². The van der Waals surface area contributed by atoms with Crippen molar-refractivity contribution in [2.75, 3.05) is 5.75 Å². The van der Waals surface area contributed by atoms with Crippen LogP contribution in [0.3, 0.4) is 0 Å². The third-order valence-corrected chi connectivity index (χ3v) is 3.94. The Hall–Kier alpha value is -2.32. The minimum atomic E-state index is -1.14. The molecular weight excluding hydrogens is 342 g/mol. The Morgan fingerprint density at radius 3 is 2.64 bits per heavy atom. The van der Waals surface area contributed by atoms with Crippen molar-refractivity contribution in [3.8, 4) is 0 Å². The topological polar surface area (TPSA) is 102 Å². The Labute approximate surface area is 150 Å². The van der Waals surface area contributed by atoms with Crippen molar-refractivity contribution < 1.29 is 19.9 Å². The van der Waals surface area contributed by atoms with Gasteiger partial charge in [0.05, 0.1) is 22.8 Å². The molecule has 3 N–H and O–H groups in total. The standard InChI is InChI=1S/C17H21N3O4S/c1-17(2,3)20(24)8-12-7-11-6-10(4-5-13(11)18-12)15(21)19-14(9-25)16(22)23/h4-8,14,24-25H,9H2,1-3H3,(H,19,21)(H,22,23). The van der Waals surface area contributed by atoms with Crippen LogP contribution in [0.4, 0.5) is 0 Å². The van der Waals surface area contributed by atoms with E-state index in [0.717, 1.165) is 10.3 Å². The fraction of sp³-hybridized carbons (Fsp3) is 0.353. The number of fused-ring (bicyclic) bond motifs is 1. The summed E-state index contributed by atoms with van der Waals surface area (Å²) in [4.78, 5) is 27.6. The number of carboxylic acids is 1. The summed E-state index contributed by atoms with van der Waals surface area (Å²) < 4.78 is 0. The van der Waals surface area contributed by atoms with E-state index in [1.807, 2.05) is 20.8 Å². The zero-order valence-electron chi connectivity index (χ0n) is 14.2. The normalized spacial score (nSPS) is 15.8. The van der Waals surface area contributed by atoms with Crippen LogP contribution in [0.5, 0.6) is 0 Å². The number of nitrogens with one attached hydrogen (secondary N) is 1. The third-order valence-electron chi connectivity index (χ3n) is 3.57. The summed E-state index contributed by atoms with van der Waals surface area (Å²) in [5, 5.41) is 23.9. The third kappa shape index (κ3) is 4.61. The lowest BCUT2D eigenvalue weighted by Crippen LogP contribution is -2.42. The molecular formula is C17H21N3O4S. The quantitative estimate of drug-likeness (QED) is 0.452. The van der Waals surface area contributed by atoms with Gasteiger partial charge in [-0.2, -0.15) is 12.6 Å². The molecule has 2 rings (SSSR count). The lowest BCUT2D eigenvalue weighted by Gasteiger charge is -2.28. The summed E-state index contributed by atoms with van der Waals surface area (Å²) in [5.74, 6) is -1.63. The average Bonchev–Trinajstić information content (AvgIpc) is 2.92. The Morgan fingerprint density at radius 2 is 2.08 bits per heavy atom. The van der Waals surface area contributed by atoms with Gasteiger partial charge in [-0.05, 0) is 45.0 Å². The highest BCUT2D eigenvalue weighted by atomic mass is 32.1. The highest BCUT2D eigenvalue weighted by Gasteiger charge is 2.20. The first-order chi connectivity index (χ1) is 11.6. The van der Waals surface area contributed by atoms with Crippen molar-refractivity contribution in [1.29, 1.82) is 0 Å². The Balaban J connectivity index is 2.26. The van der Waals surface area contributed by atoms with Crippen LogP contribution < -0.4 is 15.9 Å². The summed E-state index contributed by atoms with van der Waals surface area (Å²) in [6.45, 7) is 5.57. The molecule has 0 aromatic heterocycles. The van der Waals surface area contributed by atoms with Crippen molar-refractivity contribution >= 4 is 30.6 Å². The second-order valence-electron chi connectivity index (χ2n) is 6.65. The number of nitrogens with zero attached hydrogens (tertiary/aromatic N) is 2. The SMILES string of the molecule is CC(C)(C)N(O)C=C1C=c2cc(C(=O)NC(CS)C(=O)O)ccc2=N1. The minimum Gasteiger partial charge on any atom is -0.480 e. The molecule has 0 saturated carbocycles. The van der Waals surface area contributed by atoms with Crippen LogP contribution in [-0.4, -0.2) is 44.6 Å². The average molecular weight is 363 g/mol. The van der Waals surface area contributed by atoms with Crippen molar-refractivity contribution in [2.45, 2.75) is 32.4 Å². The molecule has 1 heterocycles. The molecule has 1 aromatic rings. The number of hydrogen-bond acceptors (Lipinski definition) is 6. The number of thiol groups is 1. The second-order valence-corrected chi connectivity index (χ2v) is 7.01. The number of rotatable bonds is 5. The van der Waals surface area contributed by atoms with Crippen LogP contribution in [0.2, 0.25) is 0 Å². The number of benzene rings is 1. The number of carbonyl (C=O) groups is 2. The lowest BCUT2D eigenvalue weighted by atomic mass is 10.1. The maximum atomic E-state index is 12.2. The molecule has 0 bridgehead atoms. The van der Waals surface area contributed by atoms with E-state index >= 15 is 0 Å². The number of carbonyl (C=O) groups excluding carboxylic acids is 1. The molecule has 1 unspecified atom stereocenters. The van der Waals surface area contributed by atoms with Gasteiger partial charge in [-0.1, -0.05) is 0 Å². The van der Waals surface area contributed by atoms with Crippen LogP contribution in [0.15, 0.2) is 35.1 Å². The maximum absolute atomic E-state index is 12.2. The van der Waals surface area contributed by atoms with E-state index in [0.29, 0.717) is 16.6 Å². The molecule has 1 aliphatic heterocycles. The molecule has 0 saturated heterocycles. The summed E-state index contributed by atoms with van der Waals surface area (Å²) in [5.41, 5.74) is 0.425. The molecule has 0 fully saturated rings. The Bertz CT molecular complexity index is 842. The van der Waals surface area contributed by atoms with E-state index < -0.39 is 23.5 Å². The Kier molecular flexibility index (Phi) is 5.54. The van der Waals surface area contributed by atoms with Gasteiger partial charge in [0.1, 0.15) is 6.04 Å². The molecule has 25 heavy (non-hydrogen) atoms. The number of aliphatic carboxylic acids is 1. The molecule has 0 aliphatic carbocycles. The van der Waals surface area contributed by atoms with Crippen LogP contribution in [-0.2, 0) is 4.79 Å². The lowest BCUT2D eigenvalue weighted by molar-refractivity contribution is -0.138. The first-order valence-corrected chi connectivity index (χ1v) is 8.30. The highest BCUT2D eigenvalue weighted by Crippen LogP contribution is 2.13. The predicted molar refractivity (Wildman–Crippen MR) is 95.9 cm³/mol. The van der Waals surface area contributed by atoms with Gasteiger partial charge >= 0.3 is 5.97 Å². The Morgan fingerprint density at radius 1 is 1.40 bits per heavy atom. The molecule has 1 amide bonds. The second kappa shape index (κ2) is 7.28. The van der Waals surface area contributed by atoms with Gasteiger partial charge in [-0.15, -0.1) is 0 Å². The number of hydrogen-bond donors (Lipinski definition) is 4. The fourth-order valence-corrected chi connectivity index (χ4v) is 2.30. The maximum Gasteiger partial charge on any atom is 0.327 e. The minimum absolute atomic E-state index is 0.000500. The number of carboxylic acid groups (broad SMARTS) is 1. The zero-order valence-corrected chi connectivity index (χ0v) is 15.1. The monoisotopic (exact) mass is 363 g/mol. The first-order valence-electron chi connectivity index (χ1n) is 7.67. The van der Waals surface area contributed by atoms with E-state index in [9.17, 15) is 14.8 Å². The summed E-state index contributed by atoms with van der Waals surface area (Å²) >= 11 is 3.92. The molecule has 0 spiro atoms. The van der Waals surface area contributed by atoms with Gasteiger partial charge in [-0.3, -0.25) is 15.1 Å². The summed E-state index contributed by atoms with van der Waals surface area (Å²) in [7, 11) is 0. The molecule has 1 aliphatic rings. The molecule has 7 nitrogen and oxygen atoms in total. The smallest absolute Gasteiger partial charge is 0.327 e. The van der Waals surface area contributed by atoms with Crippen molar-refractivity contribution in [1.82, 2.24) is 10.4 Å². The number of amides is 1. The van der Waals surface area contributed by atoms with Crippen molar-refractivity contribution in [3.63, 3.8) is 0 Å². The zero-order chi connectivity index (χ0) is 18.8. The molecule has 1 aromatic carbocycles. The van der Waals surface area contributed by atoms with E-state index in [1.165, 1.54) is 6.20 Å².